The van der Waals surface area contributed by atoms with Gasteiger partial charge in [0.05, 0.1) is 31.8 Å². The van der Waals surface area contributed by atoms with E-state index in [1.807, 2.05) is 32.0 Å². The Morgan fingerprint density at radius 1 is 1.28 bits per heavy atom. The van der Waals surface area contributed by atoms with Crippen molar-refractivity contribution in [2.45, 2.75) is 26.9 Å². The highest BCUT2D eigenvalue weighted by Crippen LogP contribution is 2.36. The average Bonchev–Trinajstić information content (AvgIpc) is 3.13. The van der Waals surface area contributed by atoms with E-state index in [-0.39, 0.29) is 0 Å². The van der Waals surface area contributed by atoms with Crippen molar-refractivity contribution in [3.63, 3.8) is 0 Å². The largest absolute Gasteiger partial charge is 0.493 e. The minimum atomic E-state index is 0.488. The second-order valence-electron chi connectivity index (χ2n) is 5.17. The molecule has 0 unspecified atom stereocenters. The van der Waals surface area contributed by atoms with E-state index in [0.717, 1.165) is 24.6 Å². The van der Waals surface area contributed by atoms with E-state index in [9.17, 15) is 0 Å². The predicted octanol–water partition coefficient (Wildman–Crippen LogP) is 4.06. The molecule has 1 aromatic carbocycles. The number of guanidine groups is 1. The third kappa shape index (κ3) is 5.83. The van der Waals surface area contributed by atoms with E-state index in [1.54, 1.807) is 18.4 Å². The monoisotopic (exact) mass is 381 g/mol. The minimum absolute atomic E-state index is 0.488. The molecule has 0 amide bonds. The zero-order valence-electron chi connectivity index (χ0n) is 14.8. The van der Waals surface area contributed by atoms with Crippen LogP contribution in [0.15, 0.2) is 34.6 Å². The zero-order chi connectivity index (χ0) is 18.1. The summed E-state index contributed by atoms with van der Waals surface area (Å²) in [4.78, 5) is 5.88. The van der Waals surface area contributed by atoms with Crippen LogP contribution in [-0.2, 0) is 13.1 Å². The van der Waals surface area contributed by atoms with Crippen molar-refractivity contribution in [1.29, 1.82) is 0 Å². The Hall–Kier alpha value is -1.92. The fraction of sp³-hybridized carbons (Fsp3) is 0.389. The molecular weight excluding hydrogens is 358 g/mol. The van der Waals surface area contributed by atoms with Crippen molar-refractivity contribution in [1.82, 2.24) is 10.6 Å². The molecule has 0 spiro atoms. The number of methoxy groups -OCH3 is 1. The van der Waals surface area contributed by atoms with Gasteiger partial charge < -0.3 is 20.1 Å². The highest BCUT2D eigenvalue weighted by Gasteiger charge is 2.11. The highest BCUT2D eigenvalue weighted by atomic mass is 35.5. The summed E-state index contributed by atoms with van der Waals surface area (Å²) in [7, 11) is 1.61. The van der Waals surface area contributed by atoms with Gasteiger partial charge in [0.15, 0.2) is 17.5 Å². The first kappa shape index (κ1) is 19.4. The number of rotatable bonds is 8. The summed E-state index contributed by atoms with van der Waals surface area (Å²) in [6.07, 6.45) is 0. The number of nitrogens with zero attached hydrogens (tertiary/aromatic N) is 1. The molecule has 0 bridgehead atoms. The molecule has 0 aliphatic carbocycles. The SMILES string of the molecule is CCNC(=NCc1cc(Cl)c(OCC)c(OC)c1)NCc1cccs1. The molecule has 0 saturated carbocycles. The van der Waals surface area contributed by atoms with Gasteiger partial charge in [0.25, 0.3) is 0 Å². The van der Waals surface area contributed by atoms with Gasteiger partial charge in [0.2, 0.25) is 0 Å². The lowest BCUT2D eigenvalue weighted by Crippen LogP contribution is -2.36. The molecule has 2 rings (SSSR count). The standard InChI is InChI=1S/C18H24ClN3O2S/c1-4-20-18(22-12-14-7-6-8-25-14)21-11-13-9-15(19)17(24-5-2)16(10-13)23-3/h6-10H,4-5,11-12H2,1-3H3,(H2,20,21,22). The number of thiophene rings is 1. The first-order chi connectivity index (χ1) is 12.2. The van der Waals surface area contributed by atoms with Crippen LogP contribution in [0.5, 0.6) is 11.5 Å². The fourth-order valence-electron chi connectivity index (χ4n) is 2.25. The first-order valence-corrected chi connectivity index (χ1v) is 9.47. The summed E-state index contributed by atoms with van der Waals surface area (Å²) in [5.74, 6) is 1.96. The van der Waals surface area contributed by atoms with Crippen molar-refractivity contribution in [2.75, 3.05) is 20.3 Å². The van der Waals surface area contributed by atoms with Crippen LogP contribution in [0.25, 0.3) is 0 Å². The van der Waals surface area contributed by atoms with E-state index in [0.29, 0.717) is 29.7 Å². The number of aliphatic imine (C=N–C) groups is 1. The van der Waals surface area contributed by atoms with E-state index in [1.165, 1.54) is 4.88 Å². The second kappa shape index (κ2) is 10.2. The molecule has 2 aromatic rings. The molecule has 0 radical (unpaired) electrons. The third-order valence-corrected chi connectivity index (χ3v) is 4.51. The van der Waals surface area contributed by atoms with Crippen molar-refractivity contribution in [3.8, 4) is 11.5 Å². The molecule has 2 N–H and O–H groups in total. The Bertz CT molecular complexity index is 690. The van der Waals surface area contributed by atoms with Crippen molar-refractivity contribution < 1.29 is 9.47 Å². The number of nitrogens with one attached hydrogen (secondary N) is 2. The predicted molar refractivity (Wildman–Crippen MR) is 105 cm³/mol. The molecule has 1 aromatic heterocycles. The highest BCUT2D eigenvalue weighted by molar-refractivity contribution is 7.09. The van der Waals surface area contributed by atoms with Crippen LogP contribution in [0.1, 0.15) is 24.3 Å². The lowest BCUT2D eigenvalue weighted by molar-refractivity contribution is 0.311. The van der Waals surface area contributed by atoms with Crippen LogP contribution < -0.4 is 20.1 Å². The molecule has 0 fully saturated rings. The normalized spacial score (nSPS) is 11.3. The zero-order valence-corrected chi connectivity index (χ0v) is 16.3. The van der Waals surface area contributed by atoms with Crippen molar-refractivity contribution in [2.24, 2.45) is 4.99 Å². The van der Waals surface area contributed by atoms with Crippen LogP contribution in [0.4, 0.5) is 0 Å². The maximum atomic E-state index is 6.31. The Labute approximate surface area is 158 Å². The molecule has 0 atom stereocenters. The Kier molecular flexibility index (Phi) is 7.88. The van der Waals surface area contributed by atoms with Gasteiger partial charge in [-0.1, -0.05) is 17.7 Å². The minimum Gasteiger partial charge on any atom is -0.493 e. The van der Waals surface area contributed by atoms with Crippen LogP contribution in [0, 0.1) is 0 Å². The quantitative estimate of drug-likeness (QED) is 0.534. The average molecular weight is 382 g/mol. The molecule has 0 aliphatic rings. The van der Waals surface area contributed by atoms with Gasteiger partial charge >= 0.3 is 0 Å². The third-order valence-electron chi connectivity index (χ3n) is 3.35. The number of ether oxygens (including phenoxy) is 2. The van der Waals surface area contributed by atoms with Crippen LogP contribution >= 0.6 is 22.9 Å². The van der Waals surface area contributed by atoms with Crippen molar-refractivity contribution in [3.05, 3.63) is 45.1 Å². The summed E-state index contributed by atoms with van der Waals surface area (Å²) in [5.41, 5.74) is 0.957. The number of hydrogen-bond donors (Lipinski definition) is 2. The lowest BCUT2D eigenvalue weighted by Gasteiger charge is -2.13. The molecule has 0 aliphatic heterocycles. The molecule has 1 heterocycles. The van der Waals surface area contributed by atoms with Gasteiger partial charge in [-0.2, -0.15) is 0 Å². The maximum Gasteiger partial charge on any atom is 0.191 e. The smallest absolute Gasteiger partial charge is 0.191 e. The van der Waals surface area contributed by atoms with E-state index >= 15 is 0 Å². The number of halogens is 1. The topological polar surface area (TPSA) is 54.9 Å². The Balaban J connectivity index is 2.09. The summed E-state index contributed by atoms with van der Waals surface area (Å²) in [5, 5.41) is 9.17. The molecule has 7 heteroatoms. The van der Waals surface area contributed by atoms with Crippen LogP contribution in [-0.4, -0.2) is 26.2 Å². The molecular formula is C18H24ClN3O2S. The van der Waals surface area contributed by atoms with Gasteiger partial charge in [-0.25, -0.2) is 4.99 Å². The van der Waals surface area contributed by atoms with Crippen molar-refractivity contribution >= 4 is 28.9 Å². The van der Waals surface area contributed by atoms with E-state index in [2.05, 4.69) is 27.1 Å². The Morgan fingerprint density at radius 2 is 2.12 bits per heavy atom. The molecule has 25 heavy (non-hydrogen) atoms. The summed E-state index contributed by atoms with van der Waals surface area (Å²) in [6, 6.07) is 7.91. The summed E-state index contributed by atoms with van der Waals surface area (Å²) < 4.78 is 10.9. The molecule has 5 nitrogen and oxygen atoms in total. The summed E-state index contributed by atoms with van der Waals surface area (Å²) >= 11 is 8.03. The number of benzene rings is 1. The lowest BCUT2D eigenvalue weighted by atomic mass is 10.2. The molecule has 0 saturated heterocycles. The summed E-state index contributed by atoms with van der Waals surface area (Å²) in [6.45, 7) is 6.52. The number of hydrogen-bond acceptors (Lipinski definition) is 4. The fourth-order valence-corrected chi connectivity index (χ4v) is 3.18. The van der Waals surface area contributed by atoms with E-state index < -0.39 is 0 Å². The van der Waals surface area contributed by atoms with Crippen LogP contribution in [0.3, 0.4) is 0 Å². The van der Waals surface area contributed by atoms with Crippen LogP contribution in [0.2, 0.25) is 5.02 Å². The van der Waals surface area contributed by atoms with E-state index in [4.69, 9.17) is 21.1 Å². The molecule has 136 valence electrons. The maximum absolute atomic E-state index is 6.31. The van der Waals surface area contributed by atoms with Gasteiger partial charge in [-0.3, -0.25) is 0 Å². The van der Waals surface area contributed by atoms with Gasteiger partial charge in [0, 0.05) is 11.4 Å². The second-order valence-corrected chi connectivity index (χ2v) is 6.61. The first-order valence-electron chi connectivity index (χ1n) is 8.21. The Morgan fingerprint density at radius 3 is 2.76 bits per heavy atom. The van der Waals surface area contributed by atoms with Gasteiger partial charge in [0.1, 0.15) is 0 Å². The van der Waals surface area contributed by atoms with Gasteiger partial charge in [-0.05, 0) is 43.0 Å². The van der Waals surface area contributed by atoms with Gasteiger partial charge in [-0.15, -0.1) is 11.3 Å².